The number of amides is 1. The summed E-state index contributed by atoms with van der Waals surface area (Å²) in [7, 11) is 0. The molecule has 1 amide bonds. The van der Waals surface area contributed by atoms with Crippen molar-refractivity contribution in [2.24, 2.45) is 0 Å². The van der Waals surface area contributed by atoms with Gasteiger partial charge in [0.2, 0.25) is 0 Å². The summed E-state index contributed by atoms with van der Waals surface area (Å²) in [5.74, 6) is -0.00931. The Morgan fingerprint density at radius 3 is 2.50 bits per heavy atom. The van der Waals surface area contributed by atoms with Gasteiger partial charge in [-0.1, -0.05) is 29.8 Å². The number of ether oxygens (including phenoxy) is 2. The normalized spacial score (nSPS) is 10.4. The van der Waals surface area contributed by atoms with Crippen molar-refractivity contribution < 1.29 is 23.0 Å². The molecule has 6 heteroatoms. The highest BCUT2D eigenvalue weighted by atomic mass is 19.3. The lowest BCUT2D eigenvalue weighted by atomic mass is 10.2. The van der Waals surface area contributed by atoms with Crippen LogP contribution in [0.25, 0.3) is 0 Å². The van der Waals surface area contributed by atoms with Crippen LogP contribution in [0.5, 0.6) is 11.5 Å². The Labute approximate surface area is 126 Å². The van der Waals surface area contributed by atoms with Crippen molar-refractivity contribution in [3.63, 3.8) is 0 Å². The zero-order valence-electron chi connectivity index (χ0n) is 11.9. The van der Waals surface area contributed by atoms with E-state index in [4.69, 9.17) is 4.74 Å². The maximum Gasteiger partial charge on any atom is 0.387 e. The average molecular weight is 307 g/mol. The Kier molecular flexibility index (Phi) is 5.30. The third-order valence-corrected chi connectivity index (χ3v) is 2.77. The highest BCUT2D eigenvalue weighted by Crippen LogP contribution is 2.25. The molecular weight excluding hydrogens is 292 g/mol. The van der Waals surface area contributed by atoms with Gasteiger partial charge in [0.05, 0.1) is 5.69 Å². The van der Waals surface area contributed by atoms with Crippen LogP contribution < -0.4 is 14.8 Å². The fourth-order valence-electron chi connectivity index (χ4n) is 1.74. The van der Waals surface area contributed by atoms with Gasteiger partial charge in [-0.2, -0.15) is 8.78 Å². The number of carbonyl (C=O) groups is 1. The van der Waals surface area contributed by atoms with E-state index in [0.717, 1.165) is 5.56 Å². The zero-order valence-corrected chi connectivity index (χ0v) is 11.9. The summed E-state index contributed by atoms with van der Waals surface area (Å²) < 4.78 is 34.2. The zero-order chi connectivity index (χ0) is 15.9. The molecule has 0 aromatic heterocycles. The van der Waals surface area contributed by atoms with Gasteiger partial charge < -0.3 is 14.8 Å². The number of nitrogens with one attached hydrogen (secondary N) is 1. The van der Waals surface area contributed by atoms with E-state index in [2.05, 4.69) is 10.1 Å². The van der Waals surface area contributed by atoms with E-state index in [1.165, 1.54) is 18.2 Å². The van der Waals surface area contributed by atoms with Crippen LogP contribution in [0.4, 0.5) is 14.5 Å². The molecule has 0 spiro atoms. The monoisotopic (exact) mass is 307 g/mol. The summed E-state index contributed by atoms with van der Waals surface area (Å²) in [4.78, 5) is 11.8. The van der Waals surface area contributed by atoms with Crippen molar-refractivity contribution >= 4 is 11.6 Å². The van der Waals surface area contributed by atoms with E-state index in [-0.39, 0.29) is 18.0 Å². The minimum absolute atomic E-state index is 0.0961. The fraction of sp³-hybridized carbons (Fsp3) is 0.188. The molecule has 0 aliphatic rings. The molecule has 2 rings (SSSR count). The third kappa shape index (κ3) is 4.73. The Balaban J connectivity index is 1.93. The molecule has 0 fully saturated rings. The van der Waals surface area contributed by atoms with Crippen LogP contribution in [-0.4, -0.2) is 19.1 Å². The molecule has 0 bridgehead atoms. The second kappa shape index (κ2) is 7.40. The highest BCUT2D eigenvalue weighted by molar-refractivity contribution is 5.93. The fourth-order valence-corrected chi connectivity index (χ4v) is 1.74. The van der Waals surface area contributed by atoms with Crippen LogP contribution in [0.15, 0.2) is 48.5 Å². The average Bonchev–Trinajstić information content (AvgIpc) is 2.48. The van der Waals surface area contributed by atoms with E-state index >= 15 is 0 Å². The SMILES string of the molecule is Cc1ccc(OCC(=O)Nc2ccccc2OC(F)F)cc1. The molecule has 0 aliphatic carbocycles. The summed E-state index contributed by atoms with van der Waals surface area (Å²) in [6.45, 7) is -1.25. The van der Waals surface area contributed by atoms with Crippen LogP contribution in [0.3, 0.4) is 0 Å². The second-order valence-electron chi connectivity index (χ2n) is 4.52. The number of halogens is 2. The van der Waals surface area contributed by atoms with Gasteiger partial charge in [-0.05, 0) is 31.2 Å². The lowest BCUT2D eigenvalue weighted by Crippen LogP contribution is -2.20. The van der Waals surface area contributed by atoms with E-state index in [1.54, 1.807) is 18.2 Å². The maximum atomic E-state index is 12.3. The van der Waals surface area contributed by atoms with E-state index in [0.29, 0.717) is 5.75 Å². The van der Waals surface area contributed by atoms with Crippen molar-refractivity contribution in [1.82, 2.24) is 0 Å². The summed E-state index contributed by atoms with van der Waals surface area (Å²) in [6, 6.07) is 13.2. The van der Waals surface area contributed by atoms with Crippen LogP contribution in [0.1, 0.15) is 5.56 Å². The van der Waals surface area contributed by atoms with Crippen molar-refractivity contribution in [2.75, 3.05) is 11.9 Å². The lowest BCUT2D eigenvalue weighted by Gasteiger charge is -2.12. The first kappa shape index (κ1) is 15.8. The second-order valence-corrected chi connectivity index (χ2v) is 4.52. The molecule has 4 nitrogen and oxygen atoms in total. The third-order valence-electron chi connectivity index (χ3n) is 2.77. The topological polar surface area (TPSA) is 47.6 Å². The molecule has 1 N–H and O–H groups in total. The molecule has 2 aromatic carbocycles. The van der Waals surface area contributed by atoms with E-state index < -0.39 is 12.5 Å². The molecule has 116 valence electrons. The summed E-state index contributed by atoms with van der Waals surface area (Å²) >= 11 is 0. The van der Waals surface area contributed by atoms with Crippen molar-refractivity contribution in [1.29, 1.82) is 0 Å². The number of aryl methyl sites for hydroxylation is 1. The highest BCUT2D eigenvalue weighted by Gasteiger charge is 2.11. The molecule has 22 heavy (non-hydrogen) atoms. The molecule has 0 unspecified atom stereocenters. The molecule has 0 heterocycles. The molecule has 0 saturated heterocycles. The van der Waals surface area contributed by atoms with Gasteiger partial charge in [-0.15, -0.1) is 0 Å². The first-order valence-electron chi connectivity index (χ1n) is 6.58. The Morgan fingerprint density at radius 1 is 1.14 bits per heavy atom. The number of benzene rings is 2. The smallest absolute Gasteiger partial charge is 0.387 e. The summed E-state index contributed by atoms with van der Waals surface area (Å²) in [5.41, 5.74) is 1.25. The van der Waals surface area contributed by atoms with Crippen LogP contribution >= 0.6 is 0 Å². The standard InChI is InChI=1S/C16H15F2NO3/c1-11-6-8-12(9-7-11)21-10-15(20)19-13-4-2-3-5-14(13)22-16(17)18/h2-9,16H,10H2,1H3,(H,19,20). The van der Waals surface area contributed by atoms with Crippen molar-refractivity contribution in [3.8, 4) is 11.5 Å². The predicted octanol–water partition coefficient (Wildman–Crippen LogP) is 3.61. The minimum atomic E-state index is -2.96. The first-order chi connectivity index (χ1) is 10.5. The number of hydrogen-bond donors (Lipinski definition) is 1. The molecular formula is C16H15F2NO3. The number of anilines is 1. The van der Waals surface area contributed by atoms with Gasteiger partial charge in [0.15, 0.2) is 6.61 Å². The quantitative estimate of drug-likeness (QED) is 0.887. The Bertz CT molecular complexity index is 630. The van der Waals surface area contributed by atoms with Gasteiger partial charge >= 0.3 is 6.61 Å². The summed E-state index contributed by atoms with van der Waals surface area (Å²) in [6.07, 6.45) is 0. The van der Waals surface area contributed by atoms with Gasteiger partial charge in [0.25, 0.3) is 5.91 Å². The maximum absolute atomic E-state index is 12.3. The van der Waals surface area contributed by atoms with Gasteiger partial charge in [0.1, 0.15) is 11.5 Å². The van der Waals surface area contributed by atoms with E-state index in [1.807, 2.05) is 19.1 Å². The Hall–Kier alpha value is -2.63. The van der Waals surface area contributed by atoms with Gasteiger partial charge in [0, 0.05) is 0 Å². The summed E-state index contributed by atoms with van der Waals surface area (Å²) in [5, 5.41) is 2.48. The van der Waals surface area contributed by atoms with Crippen molar-refractivity contribution in [2.45, 2.75) is 13.5 Å². The minimum Gasteiger partial charge on any atom is -0.484 e. The number of alkyl halides is 2. The molecule has 2 aromatic rings. The first-order valence-corrected chi connectivity index (χ1v) is 6.58. The van der Waals surface area contributed by atoms with Gasteiger partial charge in [-0.25, -0.2) is 0 Å². The van der Waals surface area contributed by atoms with Crippen LogP contribution in [0, 0.1) is 6.92 Å². The van der Waals surface area contributed by atoms with E-state index in [9.17, 15) is 13.6 Å². The number of carbonyl (C=O) groups excluding carboxylic acids is 1. The number of para-hydroxylation sites is 2. The lowest BCUT2D eigenvalue weighted by molar-refractivity contribution is -0.118. The largest absolute Gasteiger partial charge is 0.484 e. The number of hydrogen-bond acceptors (Lipinski definition) is 3. The molecule has 0 saturated carbocycles. The molecule has 0 radical (unpaired) electrons. The number of rotatable bonds is 6. The van der Waals surface area contributed by atoms with Crippen LogP contribution in [-0.2, 0) is 4.79 Å². The molecule has 0 atom stereocenters. The Morgan fingerprint density at radius 2 is 1.82 bits per heavy atom. The van der Waals surface area contributed by atoms with Gasteiger partial charge in [-0.3, -0.25) is 4.79 Å². The van der Waals surface area contributed by atoms with Crippen molar-refractivity contribution in [3.05, 3.63) is 54.1 Å². The predicted molar refractivity (Wildman–Crippen MR) is 78.4 cm³/mol. The molecule has 0 aliphatic heterocycles. The van der Waals surface area contributed by atoms with Crippen LogP contribution in [0.2, 0.25) is 0 Å².